The Labute approximate surface area is 115 Å². The summed E-state index contributed by atoms with van der Waals surface area (Å²) in [7, 11) is 0. The van der Waals surface area contributed by atoms with Crippen molar-refractivity contribution in [2.45, 2.75) is 32.6 Å². The van der Waals surface area contributed by atoms with Crippen molar-refractivity contribution >= 4 is 5.97 Å². The summed E-state index contributed by atoms with van der Waals surface area (Å²) in [5.74, 6) is -0.0839. The molecule has 19 heavy (non-hydrogen) atoms. The molecule has 0 bridgehead atoms. The van der Waals surface area contributed by atoms with E-state index in [2.05, 4.69) is 36.1 Å². The van der Waals surface area contributed by atoms with Crippen molar-refractivity contribution < 1.29 is 9.53 Å². The molecule has 0 spiro atoms. The van der Waals surface area contributed by atoms with Gasteiger partial charge in [-0.25, -0.2) is 0 Å². The molecule has 0 radical (unpaired) electrons. The van der Waals surface area contributed by atoms with Crippen LogP contribution in [0.1, 0.15) is 30.9 Å². The van der Waals surface area contributed by atoms with Gasteiger partial charge in [0.15, 0.2) is 0 Å². The van der Waals surface area contributed by atoms with Gasteiger partial charge in [-0.15, -0.1) is 0 Å². The molecule has 0 aromatic heterocycles. The number of esters is 1. The fourth-order valence-electron chi connectivity index (χ4n) is 2.43. The first-order valence-corrected chi connectivity index (χ1v) is 7.24. The van der Waals surface area contributed by atoms with Crippen LogP contribution in [-0.2, 0) is 22.4 Å². The predicted molar refractivity (Wildman–Crippen MR) is 76.2 cm³/mol. The van der Waals surface area contributed by atoms with E-state index in [9.17, 15) is 4.79 Å². The van der Waals surface area contributed by atoms with Gasteiger partial charge >= 0.3 is 5.97 Å². The maximum absolute atomic E-state index is 11.7. The maximum atomic E-state index is 11.7. The summed E-state index contributed by atoms with van der Waals surface area (Å²) in [4.78, 5) is 13.9. The van der Waals surface area contributed by atoms with E-state index in [0.717, 1.165) is 38.8 Å². The second kappa shape index (κ2) is 7.29. The van der Waals surface area contributed by atoms with Crippen molar-refractivity contribution in [3.8, 4) is 0 Å². The zero-order chi connectivity index (χ0) is 13.5. The molecule has 1 aliphatic heterocycles. The van der Waals surface area contributed by atoms with Crippen LogP contribution in [0.15, 0.2) is 24.3 Å². The van der Waals surface area contributed by atoms with Gasteiger partial charge < -0.3 is 4.74 Å². The fourth-order valence-corrected chi connectivity index (χ4v) is 2.43. The number of nitrogens with zero attached hydrogens (tertiary/aromatic N) is 1. The van der Waals surface area contributed by atoms with Gasteiger partial charge in [0.05, 0.1) is 13.2 Å². The number of hydrogen-bond acceptors (Lipinski definition) is 3. The van der Waals surface area contributed by atoms with Gasteiger partial charge in [-0.2, -0.15) is 0 Å². The Morgan fingerprint density at radius 1 is 1.21 bits per heavy atom. The first kappa shape index (κ1) is 14.1. The molecule has 1 aliphatic rings. The Hall–Kier alpha value is -1.35. The van der Waals surface area contributed by atoms with Crippen molar-refractivity contribution in [3.05, 3.63) is 35.4 Å². The van der Waals surface area contributed by atoms with Crippen molar-refractivity contribution in [3.63, 3.8) is 0 Å². The minimum Gasteiger partial charge on any atom is -0.465 e. The van der Waals surface area contributed by atoms with Crippen LogP contribution in [-0.4, -0.2) is 37.1 Å². The summed E-state index contributed by atoms with van der Waals surface area (Å²) in [5.41, 5.74) is 2.84. The smallest absolute Gasteiger partial charge is 0.320 e. The summed E-state index contributed by atoms with van der Waals surface area (Å²) in [6, 6.07) is 8.57. The molecule has 0 saturated heterocycles. The molecule has 1 heterocycles. The number of benzene rings is 1. The third-order valence-corrected chi connectivity index (χ3v) is 3.63. The zero-order valence-electron chi connectivity index (χ0n) is 11.7. The lowest BCUT2D eigenvalue weighted by atomic mass is 10.0. The van der Waals surface area contributed by atoms with Crippen LogP contribution in [0.4, 0.5) is 0 Å². The van der Waals surface area contributed by atoms with Crippen LogP contribution in [0.2, 0.25) is 0 Å². The monoisotopic (exact) mass is 261 g/mol. The molecule has 0 fully saturated rings. The van der Waals surface area contributed by atoms with Crippen LogP contribution in [0.3, 0.4) is 0 Å². The van der Waals surface area contributed by atoms with E-state index in [4.69, 9.17) is 4.74 Å². The Morgan fingerprint density at radius 2 is 1.84 bits per heavy atom. The third-order valence-electron chi connectivity index (χ3n) is 3.63. The van der Waals surface area contributed by atoms with Gasteiger partial charge in [0.1, 0.15) is 0 Å². The van der Waals surface area contributed by atoms with Crippen molar-refractivity contribution in [2.24, 2.45) is 0 Å². The zero-order valence-corrected chi connectivity index (χ0v) is 11.7. The van der Waals surface area contributed by atoms with E-state index in [1.807, 2.05) is 0 Å². The number of fused-ring (bicyclic) bond motifs is 1. The van der Waals surface area contributed by atoms with Crippen LogP contribution < -0.4 is 0 Å². The summed E-state index contributed by atoms with van der Waals surface area (Å²) < 4.78 is 5.22. The first-order valence-electron chi connectivity index (χ1n) is 7.24. The van der Waals surface area contributed by atoms with E-state index < -0.39 is 0 Å². The third kappa shape index (κ3) is 4.35. The van der Waals surface area contributed by atoms with Gasteiger partial charge in [0.25, 0.3) is 0 Å². The molecule has 0 unspecified atom stereocenters. The molecule has 1 aromatic carbocycles. The second-order valence-electron chi connectivity index (χ2n) is 5.12. The van der Waals surface area contributed by atoms with E-state index in [-0.39, 0.29) is 5.97 Å². The normalized spacial score (nSPS) is 15.6. The molecule has 3 nitrogen and oxygen atoms in total. The summed E-state index contributed by atoms with van der Waals surface area (Å²) in [6.45, 7) is 4.97. The molecule has 0 N–H and O–H groups in total. The molecular weight excluding hydrogens is 238 g/mol. The fraction of sp³-hybridized carbons (Fsp3) is 0.562. The highest BCUT2D eigenvalue weighted by molar-refractivity contribution is 5.71. The Morgan fingerprint density at radius 3 is 2.42 bits per heavy atom. The molecule has 3 heteroatoms. The highest BCUT2D eigenvalue weighted by atomic mass is 16.5. The number of carbonyl (C=O) groups is 1. The van der Waals surface area contributed by atoms with E-state index in [1.165, 1.54) is 11.1 Å². The van der Waals surface area contributed by atoms with Crippen molar-refractivity contribution in [2.75, 3.05) is 26.2 Å². The second-order valence-corrected chi connectivity index (χ2v) is 5.12. The lowest BCUT2D eigenvalue weighted by molar-refractivity contribution is -0.145. The van der Waals surface area contributed by atoms with E-state index in [1.54, 1.807) is 0 Å². The van der Waals surface area contributed by atoms with E-state index >= 15 is 0 Å². The van der Waals surface area contributed by atoms with Crippen LogP contribution in [0, 0.1) is 0 Å². The van der Waals surface area contributed by atoms with Crippen LogP contribution in [0.25, 0.3) is 0 Å². The average Bonchev–Trinajstić information content (AvgIpc) is 2.62. The quantitative estimate of drug-likeness (QED) is 0.602. The number of carbonyl (C=O) groups excluding carboxylic acids is 1. The lowest BCUT2D eigenvalue weighted by Crippen LogP contribution is -2.33. The number of unbranched alkanes of at least 4 members (excludes halogenated alkanes) is 1. The molecule has 1 aromatic rings. The van der Waals surface area contributed by atoms with Crippen molar-refractivity contribution in [1.82, 2.24) is 4.90 Å². The minimum absolute atomic E-state index is 0.0839. The summed E-state index contributed by atoms with van der Waals surface area (Å²) in [6.07, 6.45) is 4.07. The number of hydrogen-bond donors (Lipinski definition) is 0. The largest absolute Gasteiger partial charge is 0.465 e. The van der Waals surface area contributed by atoms with Gasteiger partial charge in [0, 0.05) is 13.1 Å². The molecular formula is C16H23NO2. The number of rotatable bonds is 5. The van der Waals surface area contributed by atoms with Crippen molar-refractivity contribution in [1.29, 1.82) is 0 Å². The predicted octanol–water partition coefficient (Wildman–Crippen LogP) is 2.43. The average molecular weight is 261 g/mol. The van der Waals surface area contributed by atoms with Crippen LogP contribution in [0.5, 0.6) is 0 Å². The highest BCUT2D eigenvalue weighted by Crippen LogP contribution is 2.15. The summed E-state index contributed by atoms with van der Waals surface area (Å²) in [5, 5.41) is 0. The van der Waals surface area contributed by atoms with Gasteiger partial charge in [-0.3, -0.25) is 9.69 Å². The standard InChI is InChI=1S/C16H23NO2/c1-2-3-12-19-16(18)13-17-10-8-14-6-4-5-7-15(14)9-11-17/h4-7H,2-3,8-13H2,1H3. The van der Waals surface area contributed by atoms with E-state index in [0.29, 0.717) is 13.2 Å². The Balaban J connectivity index is 1.80. The molecule has 104 valence electrons. The Bertz CT molecular complexity index is 390. The first-order chi connectivity index (χ1) is 9.29. The maximum Gasteiger partial charge on any atom is 0.320 e. The SMILES string of the molecule is CCCCOC(=O)CN1CCc2ccccc2CC1. The van der Waals surface area contributed by atoms with Gasteiger partial charge in [-0.05, 0) is 30.4 Å². The molecule has 0 atom stereocenters. The van der Waals surface area contributed by atoms with Gasteiger partial charge in [0.2, 0.25) is 0 Å². The van der Waals surface area contributed by atoms with Crippen LogP contribution >= 0.6 is 0 Å². The Kier molecular flexibility index (Phi) is 5.40. The van der Waals surface area contributed by atoms with Gasteiger partial charge in [-0.1, -0.05) is 37.6 Å². The molecule has 0 amide bonds. The molecule has 2 rings (SSSR count). The summed E-state index contributed by atoms with van der Waals surface area (Å²) >= 11 is 0. The lowest BCUT2D eigenvalue weighted by Gasteiger charge is -2.18. The minimum atomic E-state index is -0.0839. The topological polar surface area (TPSA) is 29.5 Å². The molecule has 0 aliphatic carbocycles. The molecule has 0 saturated carbocycles. The number of ether oxygens (including phenoxy) is 1. The highest BCUT2D eigenvalue weighted by Gasteiger charge is 2.16.